The quantitative estimate of drug-likeness (QED) is 0.691. The van der Waals surface area contributed by atoms with Crippen molar-refractivity contribution in [3.05, 3.63) is 11.9 Å². The Hall–Kier alpha value is -0.880. The van der Waals surface area contributed by atoms with Crippen molar-refractivity contribution < 1.29 is 8.95 Å². The minimum absolute atomic E-state index is 0.718. The van der Waals surface area contributed by atoms with E-state index in [1.807, 2.05) is 13.1 Å². The van der Waals surface area contributed by atoms with Crippen LogP contribution in [0.2, 0.25) is 0 Å². The fourth-order valence-corrected chi connectivity index (χ4v) is 2.25. The van der Waals surface area contributed by atoms with E-state index >= 15 is 0 Å². The van der Waals surface area contributed by atoms with Crippen LogP contribution in [0.3, 0.4) is 0 Å². The van der Waals surface area contributed by atoms with Crippen molar-refractivity contribution in [2.75, 3.05) is 37.6 Å². The molecule has 0 spiro atoms. The molecule has 18 heavy (non-hydrogen) atoms. The molecular weight excluding hydrogens is 250 g/mol. The van der Waals surface area contributed by atoms with E-state index < -0.39 is 10.8 Å². The molecule has 0 saturated carbocycles. The SMILES string of the molecule is COCCCNc1nc(C)cn1CCCS(C)=O. The van der Waals surface area contributed by atoms with E-state index in [2.05, 4.69) is 14.9 Å². The monoisotopic (exact) mass is 273 g/mol. The Bertz CT molecular complexity index is 379. The van der Waals surface area contributed by atoms with E-state index in [4.69, 9.17) is 4.74 Å². The number of hydrogen-bond acceptors (Lipinski definition) is 4. The molecule has 0 radical (unpaired) electrons. The highest BCUT2D eigenvalue weighted by atomic mass is 32.2. The van der Waals surface area contributed by atoms with Crippen LogP contribution in [-0.4, -0.2) is 46.0 Å². The summed E-state index contributed by atoms with van der Waals surface area (Å²) >= 11 is 0. The second-order valence-corrected chi connectivity index (χ2v) is 5.86. The number of anilines is 1. The first kappa shape index (κ1) is 15.2. The van der Waals surface area contributed by atoms with E-state index in [1.165, 1.54) is 0 Å². The van der Waals surface area contributed by atoms with Crippen molar-refractivity contribution >= 4 is 16.7 Å². The fourth-order valence-electron chi connectivity index (χ4n) is 1.71. The van der Waals surface area contributed by atoms with Gasteiger partial charge in [0.15, 0.2) is 0 Å². The van der Waals surface area contributed by atoms with Crippen LogP contribution in [-0.2, 0) is 22.1 Å². The third-order valence-corrected chi connectivity index (χ3v) is 3.40. The molecular formula is C12H23N3O2S. The van der Waals surface area contributed by atoms with Crippen LogP contribution in [0.1, 0.15) is 18.5 Å². The highest BCUT2D eigenvalue weighted by molar-refractivity contribution is 7.84. The van der Waals surface area contributed by atoms with Crippen molar-refractivity contribution in [1.82, 2.24) is 9.55 Å². The van der Waals surface area contributed by atoms with Gasteiger partial charge in [0, 0.05) is 55.8 Å². The minimum atomic E-state index is -0.718. The van der Waals surface area contributed by atoms with E-state index in [1.54, 1.807) is 13.4 Å². The normalized spacial score (nSPS) is 12.6. The number of nitrogens with one attached hydrogen (secondary N) is 1. The lowest BCUT2D eigenvalue weighted by molar-refractivity contribution is 0.197. The molecule has 1 unspecified atom stereocenters. The summed E-state index contributed by atoms with van der Waals surface area (Å²) in [6.45, 7) is 4.44. The average molecular weight is 273 g/mol. The Morgan fingerprint density at radius 3 is 2.94 bits per heavy atom. The first-order valence-electron chi connectivity index (χ1n) is 6.20. The summed E-state index contributed by atoms with van der Waals surface area (Å²) in [5.41, 5.74) is 1.00. The van der Waals surface area contributed by atoms with E-state index in [9.17, 15) is 4.21 Å². The Morgan fingerprint density at radius 1 is 1.50 bits per heavy atom. The number of aryl methyl sites for hydroxylation is 2. The molecule has 6 heteroatoms. The average Bonchev–Trinajstić information content (AvgIpc) is 2.65. The summed E-state index contributed by atoms with van der Waals surface area (Å²) in [6, 6.07) is 0. The predicted octanol–water partition coefficient (Wildman–Crippen LogP) is 1.41. The van der Waals surface area contributed by atoms with Crippen LogP contribution in [0.4, 0.5) is 5.95 Å². The molecule has 0 aliphatic rings. The summed E-state index contributed by atoms with van der Waals surface area (Å²) in [5.74, 6) is 1.63. The number of aromatic nitrogens is 2. The summed E-state index contributed by atoms with van der Waals surface area (Å²) in [6.07, 6.45) is 5.63. The second kappa shape index (κ2) is 8.26. The molecule has 0 aliphatic heterocycles. The number of methoxy groups -OCH3 is 1. The van der Waals surface area contributed by atoms with E-state index in [0.717, 1.165) is 49.9 Å². The van der Waals surface area contributed by atoms with Crippen molar-refractivity contribution in [1.29, 1.82) is 0 Å². The topological polar surface area (TPSA) is 56.1 Å². The first-order chi connectivity index (χ1) is 8.63. The maximum Gasteiger partial charge on any atom is 0.203 e. The van der Waals surface area contributed by atoms with Gasteiger partial charge in [-0.1, -0.05) is 0 Å². The van der Waals surface area contributed by atoms with Gasteiger partial charge in [0.25, 0.3) is 0 Å². The predicted molar refractivity (Wildman–Crippen MR) is 75.5 cm³/mol. The molecule has 1 heterocycles. The maximum absolute atomic E-state index is 11.0. The molecule has 1 atom stereocenters. The van der Waals surface area contributed by atoms with Crippen molar-refractivity contribution in [3.63, 3.8) is 0 Å². The molecule has 1 rings (SSSR count). The van der Waals surface area contributed by atoms with Gasteiger partial charge in [-0.2, -0.15) is 0 Å². The number of imidazole rings is 1. The van der Waals surface area contributed by atoms with Gasteiger partial charge in [-0.3, -0.25) is 4.21 Å². The molecule has 1 aromatic heterocycles. The molecule has 1 N–H and O–H groups in total. The number of ether oxygens (including phenoxy) is 1. The Labute approximate surface area is 111 Å². The molecule has 104 valence electrons. The largest absolute Gasteiger partial charge is 0.385 e. The van der Waals surface area contributed by atoms with Gasteiger partial charge in [0.1, 0.15) is 0 Å². The zero-order valence-corrected chi connectivity index (χ0v) is 12.3. The molecule has 0 fully saturated rings. The van der Waals surface area contributed by atoms with Crippen LogP contribution >= 0.6 is 0 Å². The fraction of sp³-hybridized carbons (Fsp3) is 0.750. The van der Waals surface area contributed by atoms with Crippen LogP contribution < -0.4 is 5.32 Å². The molecule has 0 aromatic carbocycles. The molecule has 0 bridgehead atoms. The lowest BCUT2D eigenvalue weighted by Crippen LogP contribution is -2.11. The van der Waals surface area contributed by atoms with Crippen LogP contribution in [0.25, 0.3) is 0 Å². The van der Waals surface area contributed by atoms with Gasteiger partial charge >= 0.3 is 0 Å². The lowest BCUT2D eigenvalue weighted by Gasteiger charge is -2.09. The van der Waals surface area contributed by atoms with Gasteiger partial charge in [-0.05, 0) is 19.8 Å². The highest BCUT2D eigenvalue weighted by Crippen LogP contribution is 2.09. The second-order valence-electron chi connectivity index (χ2n) is 4.30. The van der Waals surface area contributed by atoms with E-state index in [-0.39, 0.29) is 0 Å². The van der Waals surface area contributed by atoms with Crippen LogP contribution in [0.5, 0.6) is 0 Å². The maximum atomic E-state index is 11.0. The van der Waals surface area contributed by atoms with E-state index in [0.29, 0.717) is 0 Å². The Kier molecular flexibility index (Phi) is 6.97. The van der Waals surface area contributed by atoms with Gasteiger partial charge < -0.3 is 14.6 Å². The third kappa shape index (κ3) is 5.64. The molecule has 0 aliphatic carbocycles. The zero-order chi connectivity index (χ0) is 13.4. The van der Waals surface area contributed by atoms with Gasteiger partial charge in [-0.15, -0.1) is 0 Å². The van der Waals surface area contributed by atoms with Gasteiger partial charge in [0.05, 0.1) is 5.69 Å². The number of nitrogens with zero attached hydrogens (tertiary/aromatic N) is 2. The highest BCUT2D eigenvalue weighted by Gasteiger charge is 2.04. The smallest absolute Gasteiger partial charge is 0.203 e. The van der Waals surface area contributed by atoms with Crippen molar-refractivity contribution in [2.24, 2.45) is 0 Å². The molecule has 0 saturated heterocycles. The van der Waals surface area contributed by atoms with Crippen LogP contribution in [0, 0.1) is 6.92 Å². The lowest BCUT2D eigenvalue weighted by atomic mass is 10.4. The summed E-state index contributed by atoms with van der Waals surface area (Å²) < 4.78 is 18.1. The zero-order valence-electron chi connectivity index (χ0n) is 11.4. The Balaban J connectivity index is 2.43. The van der Waals surface area contributed by atoms with Gasteiger partial charge in [-0.25, -0.2) is 4.98 Å². The standard InChI is InChI=1S/C12H23N3O2S/c1-11-10-15(7-5-9-18(3)16)12(14-11)13-6-4-8-17-2/h10H,4-9H2,1-3H3,(H,13,14). The molecule has 1 aromatic rings. The van der Waals surface area contributed by atoms with Crippen molar-refractivity contribution in [2.45, 2.75) is 26.3 Å². The summed E-state index contributed by atoms with van der Waals surface area (Å²) in [7, 11) is 0.987. The summed E-state index contributed by atoms with van der Waals surface area (Å²) in [4.78, 5) is 4.44. The van der Waals surface area contributed by atoms with Crippen LogP contribution in [0.15, 0.2) is 6.20 Å². The molecule has 0 amide bonds. The molecule has 5 nitrogen and oxygen atoms in total. The van der Waals surface area contributed by atoms with Crippen molar-refractivity contribution in [3.8, 4) is 0 Å². The number of rotatable bonds is 9. The Morgan fingerprint density at radius 2 is 2.28 bits per heavy atom. The first-order valence-corrected chi connectivity index (χ1v) is 7.93. The minimum Gasteiger partial charge on any atom is -0.385 e. The number of hydrogen-bond donors (Lipinski definition) is 1. The van der Waals surface area contributed by atoms with Gasteiger partial charge in [0.2, 0.25) is 5.95 Å². The summed E-state index contributed by atoms with van der Waals surface area (Å²) in [5, 5.41) is 3.30. The third-order valence-electron chi connectivity index (χ3n) is 2.54.